The van der Waals surface area contributed by atoms with E-state index in [4.69, 9.17) is 9.47 Å². The number of ether oxygens (including phenoxy) is 2. The predicted molar refractivity (Wildman–Crippen MR) is 96.9 cm³/mol. The Bertz CT molecular complexity index is 640. The van der Waals surface area contributed by atoms with Gasteiger partial charge in [-0.2, -0.15) is 5.10 Å². The highest BCUT2D eigenvalue weighted by molar-refractivity contribution is 5.80. The van der Waals surface area contributed by atoms with E-state index in [9.17, 15) is 0 Å². The van der Waals surface area contributed by atoms with Crippen LogP contribution in [0.15, 0.2) is 59.7 Å². The molecule has 1 aliphatic heterocycles. The number of hydrazone groups is 1. The van der Waals surface area contributed by atoms with Crippen molar-refractivity contribution in [2.45, 2.75) is 0 Å². The molecule has 3 rings (SSSR count). The molecule has 0 aliphatic carbocycles. The van der Waals surface area contributed by atoms with Gasteiger partial charge in [-0.1, -0.05) is 30.3 Å². The summed E-state index contributed by atoms with van der Waals surface area (Å²) in [5, 5.41) is 4.25. The van der Waals surface area contributed by atoms with E-state index in [0.29, 0.717) is 6.61 Å². The number of nitrogens with one attached hydrogen (secondary N) is 1. The van der Waals surface area contributed by atoms with Crippen molar-refractivity contribution < 1.29 is 9.47 Å². The molecule has 5 heteroatoms. The Morgan fingerprint density at radius 2 is 1.92 bits per heavy atom. The fourth-order valence-electron chi connectivity index (χ4n) is 2.50. The molecule has 0 saturated carbocycles. The first kappa shape index (κ1) is 16.5. The lowest BCUT2D eigenvalue weighted by molar-refractivity contribution is 0.0322. The normalized spacial score (nSPS) is 15.5. The first-order valence-electron chi connectivity index (χ1n) is 8.27. The molecule has 0 aromatic heterocycles. The Morgan fingerprint density at radius 1 is 1.08 bits per heavy atom. The zero-order valence-corrected chi connectivity index (χ0v) is 13.7. The number of hydrogen-bond acceptors (Lipinski definition) is 5. The zero-order valence-electron chi connectivity index (χ0n) is 13.7. The van der Waals surface area contributed by atoms with Crippen LogP contribution in [0, 0.1) is 0 Å². The Hall–Kier alpha value is -2.37. The summed E-state index contributed by atoms with van der Waals surface area (Å²) in [6.45, 7) is 5.23. The van der Waals surface area contributed by atoms with Crippen molar-refractivity contribution in [3.63, 3.8) is 0 Å². The fraction of sp³-hybridized carbons (Fsp3) is 0.316. The smallest absolute Gasteiger partial charge is 0.120 e. The van der Waals surface area contributed by atoms with Crippen LogP contribution in [0.2, 0.25) is 0 Å². The Labute approximate surface area is 142 Å². The molecule has 1 saturated heterocycles. The minimum absolute atomic E-state index is 0.683. The van der Waals surface area contributed by atoms with Gasteiger partial charge in [0.15, 0.2) is 0 Å². The van der Waals surface area contributed by atoms with E-state index in [1.54, 1.807) is 6.21 Å². The highest BCUT2D eigenvalue weighted by Crippen LogP contribution is 2.12. The quantitative estimate of drug-likeness (QED) is 0.628. The highest BCUT2D eigenvalue weighted by atomic mass is 16.5. The summed E-state index contributed by atoms with van der Waals surface area (Å²) >= 11 is 0. The van der Waals surface area contributed by atoms with Gasteiger partial charge in [-0.3, -0.25) is 10.3 Å². The SMILES string of the molecule is C(=NNc1ccccc1)c1cccc(OCCN2CCOCC2)c1. The van der Waals surface area contributed by atoms with Crippen molar-refractivity contribution >= 4 is 11.9 Å². The number of rotatable bonds is 7. The first-order valence-corrected chi connectivity index (χ1v) is 8.27. The van der Waals surface area contributed by atoms with Crippen molar-refractivity contribution in [3.05, 3.63) is 60.2 Å². The maximum absolute atomic E-state index is 5.85. The minimum Gasteiger partial charge on any atom is -0.492 e. The van der Waals surface area contributed by atoms with Crippen LogP contribution in [0.5, 0.6) is 5.75 Å². The van der Waals surface area contributed by atoms with Crippen LogP contribution < -0.4 is 10.2 Å². The van der Waals surface area contributed by atoms with Gasteiger partial charge in [0.2, 0.25) is 0 Å². The zero-order chi connectivity index (χ0) is 16.5. The molecule has 2 aromatic carbocycles. The van der Waals surface area contributed by atoms with Gasteiger partial charge in [0, 0.05) is 19.6 Å². The predicted octanol–water partition coefficient (Wildman–Crippen LogP) is 2.84. The third-order valence-corrected chi connectivity index (χ3v) is 3.82. The van der Waals surface area contributed by atoms with Crippen LogP contribution in [-0.2, 0) is 4.74 Å². The van der Waals surface area contributed by atoms with E-state index < -0.39 is 0 Å². The molecule has 0 atom stereocenters. The van der Waals surface area contributed by atoms with Crippen LogP contribution in [0.3, 0.4) is 0 Å². The molecule has 24 heavy (non-hydrogen) atoms. The number of anilines is 1. The van der Waals surface area contributed by atoms with E-state index in [1.165, 1.54) is 0 Å². The van der Waals surface area contributed by atoms with Gasteiger partial charge in [0.1, 0.15) is 12.4 Å². The molecule has 0 bridgehead atoms. The molecule has 0 radical (unpaired) electrons. The summed E-state index contributed by atoms with van der Waals surface area (Å²) in [5.41, 5.74) is 4.98. The van der Waals surface area contributed by atoms with Crippen LogP contribution in [0.4, 0.5) is 5.69 Å². The van der Waals surface area contributed by atoms with E-state index in [2.05, 4.69) is 15.4 Å². The number of nitrogens with zero attached hydrogens (tertiary/aromatic N) is 2. The van der Waals surface area contributed by atoms with Crippen molar-refractivity contribution in [1.29, 1.82) is 0 Å². The molecular weight excluding hydrogens is 302 g/mol. The van der Waals surface area contributed by atoms with Gasteiger partial charge >= 0.3 is 0 Å². The molecule has 0 amide bonds. The number of morpholine rings is 1. The van der Waals surface area contributed by atoms with Gasteiger partial charge in [-0.15, -0.1) is 0 Å². The molecule has 1 heterocycles. The topological polar surface area (TPSA) is 46.1 Å². The Kier molecular flexibility index (Phi) is 6.22. The molecule has 2 aromatic rings. The van der Waals surface area contributed by atoms with Crippen LogP contribution in [-0.4, -0.2) is 50.6 Å². The second kappa shape index (κ2) is 9.05. The van der Waals surface area contributed by atoms with Gasteiger partial charge < -0.3 is 9.47 Å². The summed E-state index contributed by atoms with van der Waals surface area (Å²) < 4.78 is 11.2. The van der Waals surface area contributed by atoms with Crippen molar-refractivity contribution in [2.24, 2.45) is 5.10 Å². The van der Waals surface area contributed by atoms with Gasteiger partial charge in [-0.25, -0.2) is 0 Å². The first-order chi connectivity index (χ1) is 11.9. The molecular formula is C19H23N3O2. The second-order valence-corrected chi connectivity index (χ2v) is 5.61. The summed E-state index contributed by atoms with van der Waals surface area (Å²) in [7, 11) is 0. The van der Waals surface area contributed by atoms with Gasteiger partial charge in [-0.05, 0) is 29.8 Å². The molecule has 126 valence electrons. The van der Waals surface area contributed by atoms with Gasteiger partial charge in [0.25, 0.3) is 0 Å². The van der Waals surface area contributed by atoms with E-state index >= 15 is 0 Å². The summed E-state index contributed by atoms with van der Waals surface area (Å²) in [4.78, 5) is 2.36. The summed E-state index contributed by atoms with van der Waals surface area (Å²) in [6.07, 6.45) is 1.79. The molecule has 1 fully saturated rings. The second-order valence-electron chi connectivity index (χ2n) is 5.61. The monoisotopic (exact) mass is 325 g/mol. The summed E-state index contributed by atoms with van der Waals surface area (Å²) in [5.74, 6) is 0.868. The average Bonchev–Trinajstić information content (AvgIpc) is 2.64. The van der Waals surface area contributed by atoms with E-state index in [1.807, 2.05) is 54.6 Å². The minimum atomic E-state index is 0.683. The number of hydrogen-bond donors (Lipinski definition) is 1. The average molecular weight is 325 g/mol. The lowest BCUT2D eigenvalue weighted by atomic mass is 10.2. The van der Waals surface area contributed by atoms with E-state index in [0.717, 1.165) is 49.8 Å². The van der Waals surface area contributed by atoms with Crippen molar-refractivity contribution in [3.8, 4) is 5.75 Å². The maximum Gasteiger partial charge on any atom is 0.120 e. The summed E-state index contributed by atoms with van der Waals surface area (Å²) in [6, 6.07) is 17.8. The lowest BCUT2D eigenvalue weighted by Crippen LogP contribution is -2.38. The Morgan fingerprint density at radius 3 is 2.75 bits per heavy atom. The molecule has 1 N–H and O–H groups in total. The van der Waals surface area contributed by atoms with Gasteiger partial charge in [0.05, 0.1) is 25.1 Å². The third kappa shape index (κ3) is 5.37. The Balaban J connectivity index is 1.46. The fourth-order valence-corrected chi connectivity index (χ4v) is 2.50. The lowest BCUT2D eigenvalue weighted by Gasteiger charge is -2.26. The maximum atomic E-state index is 5.85. The van der Waals surface area contributed by atoms with Crippen molar-refractivity contribution in [2.75, 3.05) is 44.9 Å². The van der Waals surface area contributed by atoms with Crippen LogP contribution >= 0.6 is 0 Å². The molecule has 0 unspecified atom stereocenters. The molecule has 0 spiro atoms. The van der Waals surface area contributed by atoms with Crippen LogP contribution in [0.25, 0.3) is 0 Å². The standard InChI is InChI=1S/C19H23N3O2/c1-2-6-18(7-3-1)21-20-16-17-5-4-8-19(15-17)24-14-11-22-9-12-23-13-10-22/h1-8,15-16,21H,9-14H2. The molecule has 5 nitrogen and oxygen atoms in total. The van der Waals surface area contributed by atoms with Crippen LogP contribution in [0.1, 0.15) is 5.56 Å². The largest absolute Gasteiger partial charge is 0.492 e. The highest BCUT2D eigenvalue weighted by Gasteiger charge is 2.09. The molecule has 1 aliphatic rings. The number of benzene rings is 2. The van der Waals surface area contributed by atoms with Crippen molar-refractivity contribution in [1.82, 2.24) is 4.90 Å². The number of para-hydroxylation sites is 1. The third-order valence-electron chi connectivity index (χ3n) is 3.82. The van der Waals surface area contributed by atoms with E-state index in [-0.39, 0.29) is 0 Å².